The van der Waals surface area contributed by atoms with Crippen LogP contribution in [-0.2, 0) is 4.79 Å². The molecule has 0 bridgehead atoms. The fourth-order valence-electron chi connectivity index (χ4n) is 2.35. The second-order valence-electron chi connectivity index (χ2n) is 6.26. The van der Waals surface area contributed by atoms with E-state index in [2.05, 4.69) is 24.5 Å². The zero-order chi connectivity index (χ0) is 15.5. The van der Waals surface area contributed by atoms with Crippen LogP contribution in [0, 0.1) is 5.41 Å². The number of rotatable bonds is 6. The molecule has 0 spiro atoms. The molecule has 21 heavy (non-hydrogen) atoms. The number of amides is 2. The Kier molecular flexibility index (Phi) is 4.50. The van der Waals surface area contributed by atoms with Gasteiger partial charge in [0.15, 0.2) is 0 Å². The summed E-state index contributed by atoms with van der Waals surface area (Å²) in [6.45, 7) is 4.22. The molecule has 2 rings (SSSR count). The lowest BCUT2D eigenvalue weighted by atomic mass is 10.0. The van der Waals surface area contributed by atoms with E-state index in [0.29, 0.717) is 6.42 Å². The van der Waals surface area contributed by atoms with E-state index in [1.165, 1.54) is 0 Å². The molecule has 2 amide bonds. The summed E-state index contributed by atoms with van der Waals surface area (Å²) < 4.78 is 0. The van der Waals surface area contributed by atoms with Gasteiger partial charge >= 0.3 is 12.0 Å². The van der Waals surface area contributed by atoms with E-state index in [0.717, 1.165) is 12.0 Å². The second-order valence-corrected chi connectivity index (χ2v) is 6.26. The minimum absolute atomic E-state index is 0.0226. The van der Waals surface area contributed by atoms with Gasteiger partial charge < -0.3 is 15.7 Å². The molecular formula is C16H22N2O3. The molecule has 1 aliphatic carbocycles. The number of nitrogens with one attached hydrogen (secondary N) is 2. The van der Waals surface area contributed by atoms with E-state index >= 15 is 0 Å². The number of urea groups is 1. The van der Waals surface area contributed by atoms with Crippen molar-refractivity contribution in [2.45, 2.75) is 45.2 Å². The summed E-state index contributed by atoms with van der Waals surface area (Å²) in [4.78, 5) is 22.8. The molecule has 5 heteroatoms. The zero-order valence-electron chi connectivity index (χ0n) is 12.4. The van der Waals surface area contributed by atoms with Crippen molar-refractivity contribution in [1.29, 1.82) is 0 Å². The van der Waals surface area contributed by atoms with Crippen LogP contribution in [0.1, 0.15) is 44.7 Å². The average molecular weight is 290 g/mol. The third kappa shape index (κ3) is 4.48. The molecule has 0 aliphatic heterocycles. The highest BCUT2D eigenvalue weighted by Crippen LogP contribution is 2.44. The maximum absolute atomic E-state index is 12.0. The molecule has 0 aromatic heterocycles. The number of benzene rings is 1. The van der Waals surface area contributed by atoms with Crippen LogP contribution in [0.25, 0.3) is 0 Å². The van der Waals surface area contributed by atoms with Crippen LogP contribution in [0.5, 0.6) is 0 Å². The van der Waals surface area contributed by atoms with Crippen molar-refractivity contribution in [1.82, 2.24) is 10.6 Å². The molecule has 0 heterocycles. The van der Waals surface area contributed by atoms with Gasteiger partial charge in [-0.05, 0) is 23.8 Å². The third-order valence-electron chi connectivity index (χ3n) is 3.97. The summed E-state index contributed by atoms with van der Waals surface area (Å²) in [5, 5.41) is 14.7. The van der Waals surface area contributed by atoms with Crippen LogP contribution in [-0.4, -0.2) is 23.1 Å². The maximum Gasteiger partial charge on any atom is 0.315 e. The fraction of sp³-hybridized carbons (Fsp3) is 0.500. The fourth-order valence-corrected chi connectivity index (χ4v) is 2.35. The third-order valence-corrected chi connectivity index (χ3v) is 3.97. The first-order valence-electron chi connectivity index (χ1n) is 7.22. The Morgan fingerprint density at radius 2 is 1.95 bits per heavy atom. The topological polar surface area (TPSA) is 78.4 Å². The number of hydrogen-bond acceptors (Lipinski definition) is 2. The number of carbonyl (C=O) groups excluding carboxylic acids is 1. The first-order valence-corrected chi connectivity index (χ1v) is 7.22. The van der Waals surface area contributed by atoms with Gasteiger partial charge in [-0.3, -0.25) is 4.79 Å². The minimum atomic E-state index is -0.860. The smallest absolute Gasteiger partial charge is 0.315 e. The van der Waals surface area contributed by atoms with E-state index in [4.69, 9.17) is 5.11 Å². The van der Waals surface area contributed by atoms with Crippen LogP contribution in [0.4, 0.5) is 4.79 Å². The van der Waals surface area contributed by atoms with Crippen molar-refractivity contribution in [3.05, 3.63) is 35.9 Å². The van der Waals surface area contributed by atoms with Gasteiger partial charge in [0, 0.05) is 12.5 Å². The molecule has 1 aromatic carbocycles. The van der Waals surface area contributed by atoms with Crippen LogP contribution in [0.3, 0.4) is 0 Å². The Morgan fingerprint density at radius 3 is 2.48 bits per heavy atom. The van der Waals surface area contributed by atoms with Crippen molar-refractivity contribution in [2.75, 3.05) is 0 Å². The molecule has 1 saturated carbocycles. The molecular weight excluding hydrogens is 268 g/mol. The van der Waals surface area contributed by atoms with Crippen molar-refractivity contribution in [3.8, 4) is 0 Å². The minimum Gasteiger partial charge on any atom is -0.481 e. The Balaban J connectivity index is 1.95. The van der Waals surface area contributed by atoms with Gasteiger partial charge in [-0.15, -0.1) is 0 Å². The number of aliphatic carboxylic acids is 1. The van der Waals surface area contributed by atoms with Crippen molar-refractivity contribution < 1.29 is 14.7 Å². The quantitative estimate of drug-likeness (QED) is 0.753. The largest absolute Gasteiger partial charge is 0.481 e. The standard InChI is InChI=1S/C16H22N2O3/c1-16(2)10-13(16)18-15(21)17-12(8-9-14(19)20)11-6-4-3-5-7-11/h3-7,12-13H,8-10H2,1-2H3,(H,19,20)(H2,17,18,21). The molecule has 1 aliphatic rings. The summed E-state index contributed by atoms with van der Waals surface area (Å²) in [5.74, 6) is -0.860. The highest BCUT2D eigenvalue weighted by atomic mass is 16.4. The number of carboxylic acids is 1. The van der Waals surface area contributed by atoms with Gasteiger partial charge in [0.1, 0.15) is 0 Å². The van der Waals surface area contributed by atoms with Crippen molar-refractivity contribution in [3.63, 3.8) is 0 Å². The Hall–Kier alpha value is -2.04. The highest BCUT2D eigenvalue weighted by Gasteiger charge is 2.46. The molecule has 2 atom stereocenters. The van der Waals surface area contributed by atoms with Crippen molar-refractivity contribution >= 4 is 12.0 Å². The Labute approximate surface area is 124 Å². The molecule has 1 aromatic rings. The van der Waals surface area contributed by atoms with Gasteiger partial charge in [0.25, 0.3) is 0 Å². The van der Waals surface area contributed by atoms with Gasteiger partial charge in [0.2, 0.25) is 0 Å². The predicted molar refractivity (Wildman–Crippen MR) is 79.9 cm³/mol. The summed E-state index contributed by atoms with van der Waals surface area (Å²) in [7, 11) is 0. The SMILES string of the molecule is CC1(C)CC1NC(=O)NC(CCC(=O)O)c1ccccc1. The summed E-state index contributed by atoms with van der Waals surface area (Å²) in [5.41, 5.74) is 1.09. The molecule has 114 valence electrons. The lowest BCUT2D eigenvalue weighted by Crippen LogP contribution is -2.40. The zero-order valence-corrected chi connectivity index (χ0v) is 12.4. The van der Waals surface area contributed by atoms with Crippen LogP contribution >= 0.6 is 0 Å². The predicted octanol–water partition coefficient (Wildman–Crippen LogP) is 2.69. The first kappa shape index (κ1) is 15.4. The lowest BCUT2D eigenvalue weighted by Gasteiger charge is -2.19. The molecule has 3 N–H and O–H groups in total. The average Bonchev–Trinajstić information content (AvgIpc) is 3.02. The molecule has 5 nitrogen and oxygen atoms in total. The number of hydrogen-bond donors (Lipinski definition) is 3. The monoisotopic (exact) mass is 290 g/mol. The van der Waals surface area contributed by atoms with Crippen LogP contribution in [0.15, 0.2) is 30.3 Å². The van der Waals surface area contributed by atoms with E-state index < -0.39 is 5.97 Å². The van der Waals surface area contributed by atoms with Gasteiger partial charge in [-0.2, -0.15) is 0 Å². The van der Waals surface area contributed by atoms with E-state index in [9.17, 15) is 9.59 Å². The summed E-state index contributed by atoms with van der Waals surface area (Å²) in [6, 6.07) is 9.13. The molecule has 0 radical (unpaired) electrons. The van der Waals surface area contributed by atoms with Crippen LogP contribution in [0.2, 0.25) is 0 Å². The van der Waals surface area contributed by atoms with E-state index in [-0.39, 0.29) is 30.0 Å². The second kappa shape index (κ2) is 6.16. The normalized spacial score (nSPS) is 20.4. The Bertz CT molecular complexity index is 514. The van der Waals surface area contributed by atoms with Gasteiger partial charge in [-0.1, -0.05) is 44.2 Å². The molecule has 1 fully saturated rings. The summed E-state index contributed by atoms with van der Waals surface area (Å²) in [6.07, 6.45) is 1.38. The van der Waals surface area contributed by atoms with Crippen LogP contribution < -0.4 is 10.6 Å². The number of carbonyl (C=O) groups is 2. The summed E-state index contributed by atoms with van der Waals surface area (Å²) >= 11 is 0. The molecule has 0 saturated heterocycles. The number of carboxylic acid groups (broad SMARTS) is 1. The lowest BCUT2D eigenvalue weighted by molar-refractivity contribution is -0.137. The molecule has 2 unspecified atom stereocenters. The van der Waals surface area contributed by atoms with E-state index in [1.54, 1.807) is 0 Å². The maximum atomic E-state index is 12.0. The van der Waals surface area contributed by atoms with Crippen molar-refractivity contribution in [2.24, 2.45) is 5.41 Å². The highest BCUT2D eigenvalue weighted by molar-refractivity contribution is 5.75. The Morgan fingerprint density at radius 1 is 1.33 bits per heavy atom. The van der Waals surface area contributed by atoms with Gasteiger partial charge in [0.05, 0.1) is 6.04 Å². The first-order chi connectivity index (χ1) is 9.88. The van der Waals surface area contributed by atoms with Gasteiger partial charge in [-0.25, -0.2) is 4.79 Å². The van der Waals surface area contributed by atoms with E-state index in [1.807, 2.05) is 30.3 Å².